The van der Waals surface area contributed by atoms with E-state index in [0.29, 0.717) is 26.3 Å². The molecule has 1 fully saturated rings. The standard InChI is InChI=1S/C29H28N2O2/c32-29(28(23-9-3-1-4-10-23)24-11-5-2-6-12-24)31-15-16-33-21-22(20-31)17-26-19-30-18-25-13-7-8-14-27(25)26/h1-14,18-19,22,28H,15-17,20-21H2. The maximum absolute atomic E-state index is 13.9. The Kier molecular flexibility index (Phi) is 6.45. The van der Waals surface area contributed by atoms with Gasteiger partial charge >= 0.3 is 0 Å². The van der Waals surface area contributed by atoms with Gasteiger partial charge in [0.05, 0.1) is 19.1 Å². The van der Waals surface area contributed by atoms with Crippen LogP contribution >= 0.6 is 0 Å². The van der Waals surface area contributed by atoms with Crippen LogP contribution in [0.4, 0.5) is 0 Å². The first-order valence-corrected chi connectivity index (χ1v) is 11.6. The van der Waals surface area contributed by atoms with E-state index in [1.807, 2.05) is 84.0 Å². The van der Waals surface area contributed by atoms with Crippen LogP contribution in [-0.2, 0) is 16.0 Å². The van der Waals surface area contributed by atoms with E-state index in [1.54, 1.807) is 0 Å². The molecule has 0 saturated carbocycles. The molecule has 1 aliphatic rings. The maximum atomic E-state index is 13.9. The van der Waals surface area contributed by atoms with Crippen molar-refractivity contribution in [2.24, 2.45) is 5.92 Å². The largest absolute Gasteiger partial charge is 0.379 e. The van der Waals surface area contributed by atoms with Crippen LogP contribution in [0.3, 0.4) is 0 Å². The average Bonchev–Trinajstić information content (AvgIpc) is 3.11. The highest BCUT2D eigenvalue weighted by Crippen LogP contribution is 2.28. The van der Waals surface area contributed by atoms with Gasteiger partial charge in [0.25, 0.3) is 0 Å². The van der Waals surface area contributed by atoms with Crippen molar-refractivity contribution in [2.75, 3.05) is 26.3 Å². The van der Waals surface area contributed by atoms with E-state index < -0.39 is 0 Å². The van der Waals surface area contributed by atoms with Crippen molar-refractivity contribution in [2.45, 2.75) is 12.3 Å². The zero-order valence-corrected chi connectivity index (χ0v) is 18.6. The lowest BCUT2D eigenvalue weighted by molar-refractivity contribution is -0.132. The fourth-order valence-corrected chi connectivity index (χ4v) is 4.81. The van der Waals surface area contributed by atoms with Gasteiger partial charge in [0.15, 0.2) is 0 Å². The SMILES string of the molecule is O=C(C(c1ccccc1)c1ccccc1)N1CCOCC(Cc2cncc3ccccc23)C1. The van der Waals surface area contributed by atoms with Gasteiger partial charge in [0, 0.05) is 36.8 Å². The maximum Gasteiger partial charge on any atom is 0.234 e. The molecule has 1 saturated heterocycles. The number of hydrogen-bond donors (Lipinski definition) is 0. The summed E-state index contributed by atoms with van der Waals surface area (Å²) in [5, 5.41) is 2.37. The van der Waals surface area contributed by atoms with E-state index in [4.69, 9.17) is 4.74 Å². The molecule has 0 spiro atoms. The summed E-state index contributed by atoms with van der Waals surface area (Å²) in [6, 6.07) is 28.5. The molecule has 0 aliphatic carbocycles. The number of aromatic nitrogens is 1. The van der Waals surface area contributed by atoms with Gasteiger partial charge in [-0.15, -0.1) is 0 Å². The molecule has 2 heterocycles. The lowest BCUT2D eigenvalue weighted by Crippen LogP contribution is -2.39. The molecule has 3 aromatic carbocycles. The van der Waals surface area contributed by atoms with Gasteiger partial charge in [-0.2, -0.15) is 0 Å². The van der Waals surface area contributed by atoms with E-state index >= 15 is 0 Å². The normalized spacial score (nSPS) is 16.6. The molecule has 1 atom stereocenters. The second-order valence-electron chi connectivity index (χ2n) is 8.70. The minimum absolute atomic E-state index is 0.138. The predicted octanol–water partition coefficient (Wildman–Crippen LogP) is 5.08. The monoisotopic (exact) mass is 436 g/mol. The summed E-state index contributed by atoms with van der Waals surface area (Å²) in [6.45, 7) is 2.50. The lowest BCUT2D eigenvalue weighted by Gasteiger charge is -2.28. The first-order chi connectivity index (χ1) is 16.3. The van der Waals surface area contributed by atoms with Gasteiger partial charge in [-0.1, -0.05) is 84.9 Å². The Morgan fingerprint density at radius 1 is 0.909 bits per heavy atom. The molecule has 0 N–H and O–H groups in total. The van der Waals surface area contributed by atoms with Crippen LogP contribution in [-0.4, -0.2) is 42.1 Å². The lowest BCUT2D eigenvalue weighted by atomic mass is 9.89. The molecule has 166 valence electrons. The zero-order valence-electron chi connectivity index (χ0n) is 18.6. The fourth-order valence-electron chi connectivity index (χ4n) is 4.81. The smallest absolute Gasteiger partial charge is 0.234 e. The number of ether oxygens (including phenoxy) is 1. The van der Waals surface area contributed by atoms with Crippen molar-refractivity contribution in [3.8, 4) is 0 Å². The van der Waals surface area contributed by atoms with Crippen molar-refractivity contribution in [1.29, 1.82) is 0 Å². The molecule has 1 unspecified atom stereocenters. The first-order valence-electron chi connectivity index (χ1n) is 11.6. The van der Waals surface area contributed by atoms with E-state index in [-0.39, 0.29) is 17.7 Å². The van der Waals surface area contributed by atoms with Gasteiger partial charge < -0.3 is 9.64 Å². The fraction of sp³-hybridized carbons (Fsp3) is 0.241. The third kappa shape index (κ3) is 4.81. The van der Waals surface area contributed by atoms with Gasteiger partial charge in [0.2, 0.25) is 5.91 Å². The van der Waals surface area contributed by atoms with Crippen molar-refractivity contribution >= 4 is 16.7 Å². The molecule has 5 rings (SSSR count). The number of carbonyl (C=O) groups excluding carboxylic acids is 1. The first kappa shape index (κ1) is 21.4. The van der Waals surface area contributed by atoms with Gasteiger partial charge in [0.1, 0.15) is 0 Å². The van der Waals surface area contributed by atoms with Gasteiger partial charge in [-0.25, -0.2) is 0 Å². The Morgan fingerprint density at radius 3 is 2.30 bits per heavy atom. The molecule has 0 radical (unpaired) electrons. The molecule has 1 aromatic heterocycles. The summed E-state index contributed by atoms with van der Waals surface area (Å²) in [4.78, 5) is 20.4. The van der Waals surface area contributed by atoms with Crippen LogP contribution < -0.4 is 0 Å². The molecular formula is C29H28N2O2. The predicted molar refractivity (Wildman–Crippen MR) is 131 cm³/mol. The summed E-state index contributed by atoms with van der Waals surface area (Å²) in [5.74, 6) is 0.0422. The van der Waals surface area contributed by atoms with Crippen LogP contribution in [0.2, 0.25) is 0 Å². The zero-order chi connectivity index (χ0) is 22.5. The minimum atomic E-state index is -0.314. The Labute approximate surface area is 194 Å². The Morgan fingerprint density at radius 2 is 1.58 bits per heavy atom. The van der Waals surface area contributed by atoms with E-state index in [0.717, 1.165) is 22.9 Å². The second kappa shape index (κ2) is 9.97. The highest BCUT2D eigenvalue weighted by Gasteiger charge is 2.30. The van der Waals surface area contributed by atoms with E-state index in [1.165, 1.54) is 10.9 Å². The average molecular weight is 437 g/mol. The van der Waals surface area contributed by atoms with Gasteiger partial charge in [-0.3, -0.25) is 9.78 Å². The summed E-state index contributed by atoms with van der Waals surface area (Å²) >= 11 is 0. The summed E-state index contributed by atoms with van der Waals surface area (Å²) in [6.07, 6.45) is 4.69. The van der Waals surface area contributed by atoms with E-state index in [2.05, 4.69) is 23.2 Å². The van der Waals surface area contributed by atoms with Crippen molar-refractivity contribution < 1.29 is 9.53 Å². The third-order valence-corrected chi connectivity index (χ3v) is 6.42. The van der Waals surface area contributed by atoms with Crippen LogP contribution in [0.5, 0.6) is 0 Å². The third-order valence-electron chi connectivity index (χ3n) is 6.42. The summed E-state index contributed by atoms with van der Waals surface area (Å²) < 4.78 is 5.95. The van der Waals surface area contributed by atoms with Crippen molar-refractivity contribution in [1.82, 2.24) is 9.88 Å². The van der Waals surface area contributed by atoms with Crippen LogP contribution in [0.1, 0.15) is 22.6 Å². The number of pyridine rings is 1. The number of nitrogens with zero attached hydrogens (tertiary/aromatic N) is 2. The van der Waals surface area contributed by atoms with E-state index in [9.17, 15) is 4.79 Å². The number of hydrogen-bond acceptors (Lipinski definition) is 3. The Balaban J connectivity index is 1.41. The number of carbonyl (C=O) groups is 1. The van der Waals surface area contributed by atoms with Crippen LogP contribution in [0.25, 0.3) is 10.8 Å². The number of rotatable bonds is 5. The topological polar surface area (TPSA) is 42.4 Å². The molecule has 4 heteroatoms. The van der Waals surface area contributed by atoms with Crippen LogP contribution in [0.15, 0.2) is 97.3 Å². The molecule has 0 bridgehead atoms. The molecule has 33 heavy (non-hydrogen) atoms. The number of fused-ring (bicyclic) bond motifs is 1. The molecule has 1 aliphatic heterocycles. The highest BCUT2D eigenvalue weighted by atomic mass is 16.5. The van der Waals surface area contributed by atoms with Crippen molar-refractivity contribution in [3.05, 3.63) is 114 Å². The Hall–Kier alpha value is -3.50. The molecule has 4 nitrogen and oxygen atoms in total. The Bertz CT molecular complexity index is 1170. The quantitative estimate of drug-likeness (QED) is 0.438. The number of amides is 1. The van der Waals surface area contributed by atoms with Crippen LogP contribution in [0, 0.1) is 5.92 Å². The summed E-state index contributed by atoms with van der Waals surface area (Å²) in [7, 11) is 0. The van der Waals surface area contributed by atoms with Crippen molar-refractivity contribution in [3.63, 3.8) is 0 Å². The number of benzene rings is 3. The minimum Gasteiger partial charge on any atom is -0.379 e. The molecular weight excluding hydrogens is 408 g/mol. The molecule has 1 amide bonds. The van der Waals surface area contributed by atoms with Gasteiger partial charge in [-0.05, 0) is 28.5 Å². The molecule has 4 aromatic rings. The summed E-state index contributed by atoms with van der Waals surface area (Å²) in [5.41, 5.74) is 3.25. The second-order valence-corrected chi connectivity index (χ2v) is 8.70. The highest BCUT2D eigenvalue weighted by molar-refractivity contribution is 5.87.